The zero-order valence-electron chi connectivity index (χ0n) is 17.1. The third kappa shape index (κ3) is 5.56. The van der Waals surface area contributed by atoms with E-state index in [1.165, 1.54) is 12.1 Å². The molecule has 1 fully saturated rings. The average molecular weight is 397 g/mol. The molecule has 0 spiro atoms. The van der Waals surface area contributed by atoms with Gasteiger partial charge in [-0.15, -0.1) is 0 Å². The van der Waals surface area contributed by atoms with Gasteiger partial charge in [0.15, 0.2) is 5.96 Å². The van der Waals surface area contributed by atoms with Gasteiger partial charge in [-0.1, -0.05) is 24.3 Å². The van der Waals surface area contributed by atoms with Gasteiger partial charge in [0, 0.05) is 31.1 Å². The minimum atomic E-state index is -0.205. The lowest BCUT2D eigenvalue weighted by Crippen LogP contribution is -2.39. The zero-order valence-corrected chi connectivity index (χ0v) is 17.1. The SMILES string of the molecule is CCNC(=NCC1(c2ccc(F)cc2)CC1)NCCc1cccc(C(=O)NC)c1. The summed E-state index contributed by atoms with van der Waals surface area (Å²) < 4.78 is 13.2. The Labute approximate surface area is 171 Å². The number of rotatable bonds is 8. The molecular weight excluding hydrogens is 367 g/mol. The van der Waals surface area contributed by atoms with Crippen LogP contribution < -0.4 is 16.0 Å². The van der Waals surface area contributed by atoms with Crippen molar-refractivity contribution in [2.45, 2.75) is 31.6 Å². The van der Waals surface area contributed by atoms with Gasteiger partial charge < -0.3 is 16.0 Å². The van der Waals surface area contributed by atoms with Gasteiger partial charge in [-0.05, 0) is 61.6 Å². The predicted molar refractivity (Wildman–Crippen MR) is 115 cm³/mol. The summed E-state index contributed by atoms with van der Waals surface area (Å²) in [5.41, 5.74) is 2.96. The highest BCUT2D eigenvalue weighted by Gasteiger charge is 2.44. The summed E-state index contributed by atoms with van der Waals surface area (Å²) in [6, 6.07) is 14.4. The molecule has 1 saturated carbocycles. The number of nitrogens with one attached hydrogen (secondary N) is 3. The van der Waals surface area contributed by atoms with Gasteiger partial charge in [-0.3, -0.25) is 9.79 Å². The zero-order chi connectivity index (χ0) is 20.7. The number of amides is 1. The van der Waals surface area contributed by atoms with E-state index in [0.717, 1.165) is 42.9 Å². The highest BCUT2D eigenvalue weighted by Crippen LogP contribution is 2.48. The molecule has 29 heavy (non-hydrogen) atoms. The maximum Gasteiger partial charge on any atom is 0.251 e. The van der Waals surface area contributed by atoms with Crippen LogP contribution >= 0.6 is 0 Å². The van der Waals surface area contributed by atoms with Gasteiger partial charge in [-0.25, -0.2) is 4.39 Å². The van der Waals surface area contributed by atoms with E-state index in [2.05, 4.69) is 16.0 Å². The molecule has 1 amide bonds. The maximum absolute atomic E-state index is 13.2. The average Bonchev–Trinajstić information content (AvgIpc) is 3.53. The van der Waals surface area contributed by atoms with Crippen LogP contribution in [0, 0.1) is 5.82 Å². The lowest BCUT2D eigenvalue weighted by molar-refractivity contribution is 0.0963. The second-order valence-electron chi connectivity index (χ2n) is 7.44. The number of nitrogens with zero attached hydrogens (tertiary/aromatic N) is 1. The number of carbonyl (C=O) groups excluding carboxylic acids is 1. The topological polar surface area (TPSA) is 65.5 Å². The molecular formula is C23H29FN4O. The number of hydrogen-bond donors (Lipinski definition) is 3. The first kappa shape index (κ1) is 20.8. The standard InChI is InChI=1S/C23H29FN4O/c1-3-26-22(27-14-11-17-5-4-6-18(15-17)21(29)25-2)28-16-23(12-13-23)19-7-9-20(24)10-8-19/h4-10,15H,3,11-14,16H2,1-2H3,(H,25,29)(H2,26,27,28). The molecule has 154 valence electrons. The van der Waals surface area contributed by atoms with Crippen molar-refractivity contribution in [3.05, 3.63) is 71.0 Å². The number of carbonyl (C=O) groups is 1. The van der Waals surface area contributed by atoms with Crippen LogP contribution in [0.15, 0.2) is 53.5 Å². The predicted octanol–water partition coefficient (Wildman–Crippen LogP) is 3.01. The minimum Gasteiger partial charge on any atom is -0.357 e. The first-order valence-electron chi connectivity index (χ1n) is 10.2. The Morgan fingerprint density at radius 3 is 2.55 bits per heavy atom. The first-order chi connectivity index (χ1) is 14.1. The van der Waals surface area contributed by atoms with Gasteiger partial charge in [0.25, 0.3) is 5.91 Å². The molecule has 0 aromatic heterocycles. The number of guanidine groups is 1. The molecule has 2 aromatic rings. The van der Waals surface area contributed by atoms with Crippen LogP contribution in [0.4, 0.5) is 4.39 Å². The van der Waals surface area contributed by atoms with Crippen LogP contribution in [0.5, 0.6) is 0 Å². The van der Waals surface area contributed by atoms with Crippen LogP contribution in [-0.4, -0.2) is 38.5 Å². The maximum atomic E-state index is 13.2. The van der Waals surface area contributed by atoms with Gasteiger partial charge in [0.2, 0.25) is 0 Å². The Bertz CT molecular complexity index is 859. The highest BCUT2D eigenvalue weighted by atomic mass is 19.1. The fraction of sp³-hybridized carbons (Fsp3) is 0.391. The number of hydrogen-bond acceptors (Lipinski definition) is 2. The van der Waals surface area contributed by atoms with E-state index >= 15 is 0 Å². The van der Waals surface area contributed by atoms with Crippen LogP contribution in [-0.2, 0) is 11.8 Å². The fourth-order valence-electron chi connectivity index (χ4n) is 3.40. The summed E-state index contributed by atoms with van der Waals surface area (Å²) in [5.74, 6) is 0.497. The smallest absolute Gasteiger partial charge is 0.251 e. The van der Waals surface area contributed by atoms with Crippen molar-refractivity contribution >= 4 is 11.9 Å². The molecule has 0 radical (unpaired) electrons. The van der Waals surface area contributed by atoms with Gasteiger partial charge in [0.1, 0.15) is 5.82 Å². The molecule has 0 unspecified atom stereocenters. The Balaban J connectivity index is 1.57. The lowest BCUT2D eigenvalue weighted by atomic mass is 9.96. The first-order valence-corrected chi connectivity index (χ1v) is 10.2. The van der Waals surface area contributed by atoms with Crippen molar-refractivity contribution in [2.75, 3.05) is 26.7 Å². The summed E-state index contributed by atoms with van der Waals surface area (Å²) in [6.45, 7) is 4.21. The highest BCUT2D eigenvalue weighted by molar-refractivity contribution is 5.94. The van der Waals surface area contributed by atoms with Crippen LogP contribution in [0.25, 0.3) is 0 Å². The quantitative estimate of drug-likeness (QED) is 0.475. The molecule has 0 atom stereocenters. The van der Waals surface area contributed by atoms with Crippen LogP contribution in [0.1, 0.15) is 41.3 Å². The van der Waals surface area contributed by atoms with Gasteiger partial charge >= 0.3 is 0 Å². The molecule has 0 saturated heterocycles. The molecule has 5 nitrogen and oxygen atoms in total. The number of benzene rings is 2. The minimum absolute atomic E-state index is 0.0396. The Hall–Kier alpha value is -2.89. The molecule has 3 N–H and O–H groups in total. The molecule has 0 heterocycles. The second kappa shape index (κ2) is 9.54. The van der Waals surface area contributed by atoms with Gasteiger partial charge in [-0.2, -0.15) is 0 Å². The van der Waals surface area contributed by atoms with Crippen molar-refractivity contribution in [1.82, 2.24) is 16.0 Å². The molecule has 3 rings (SSSR count). The van der Waals surface area contributed by atoms with Gasteiger partial charge in [0.05, 0.1) is 6.54 Å². The number of aliphatic imine (C=N–C) groups is 1. The molecule has 1 aliphatic carbocycles. The third-order valence-corrected chi connectivity index (χ3v) is 5.32. The summed E-state index contributed by atoms with van der Waals surface area (Å²) >= 11 is 0. The molecule has 2 aromatic carbocycles. The van der Waals surface area contributed by atoms with Crippen molar-refractivity contribution in [1.29, 1.82) is 0 Å². The summed E-state index contributed by atoms with van der Waals surface area (Å²) in [4.78, 5) is 16.6. The van der Waals surface area contributed by atoms with Crippen molar-refractivity contribution in [2.24, 2.45) is 4.99 Å². The lowest BCUT2D eigenvalue weighted by Gasteiger charge is -2.16. The number of halogens is 1. The largest absolute Gasteiger partial charge is 0.357 e. The van der Waals surface area contributed by atoms with Crippen LogP contribution in [0.3, 0.4) is 0 Å². The second-order valence-corrected chi connectivity index (χ2v) is 7.44. The van der Waals surface area contributed by atoms with E-state index in [9.17, 15) is 9.18 Å². The fourth-order valence-corrected chi connectivity index (χ4v) is 3.40. The van der Waals surface area contributed by atoms with E-state index in [4.69, 9.17) is 4.99 Å². The van der Waals surface area contributed by atoms with Crippen molar-refractivity contribution in [3.63, 3.8) is 0 Å². The summed E-state index contributed by atoms with van der Waals surface area (Å²) in [6.07, 6.45) is 2.94. The molecule has 6 heteroatoms. The van der Waals surface area contributed by atoms with E-state index in [0.29, 0.717) is 18.7 Å². The Morgan fingerprint density at radius 1 is 1.14 bits per heavy atom. The van der Waals surface area contributed by atoms with E-state index in [1.54, 1.807) is 7.05 Å². The normalized spacial score (nSPS) is 14.9. The van der Waals surface area contributed by atoms with E-state index in [-0.39, 0.29) is 17.1 Å². The van der Waals surface area contributed by atoms with Crippen molar-refractivity contribution < 1.29 is 9.18 Å². The van der Waals surface area contributed by atoms with Crippen LogP contribution in [0.2, 0.25) is 0 Å². The summed E-state index contributed by atoms with van der Waals surface area (Å²) in [5, 5.41) is 9.30. The Kier molecular flexibility index (Phi) is 6.86. The monoisotopic (exact) mass is 396 g/mol. The molecule has 0 bridgehead atoms. The molecule has 0 aliphatic heterocycles. The van der Waals surface area contributed by atoms with E-state index in [1.807, 2.05) is 43.3 Å². The van der Waals surface area contributed by atoms with Crippen molar-refractivity contribution in [3.8, 4) is 0 Å². The summed E-state index contributed by atoms with van der Waals surface area (Å²) in [7, 11) is 1.63. The Morgan fingerprint density at radius 2 is 1.90 bits per heavy atom. The third-order valence-electron chi connectivity index (χ3n) is 5.32. The van der Waals surface area contributed by atoms with E-state index < -0.39 is 0 Å². The molecule has 1 aliphatic rings.